The Morgan fingerprint density at radius 3 is 2.62 bits per heavy atom. The number of benzene rings is 1. The number of nitrogens with zero attached hydrogens (tertiary/aromatic N) is 1. The molecule has 16 heavy (non-hydrogen) atoms. The van der Waals surface area contributed by atoms with E-state index in [2.05, 4.69) is 10.3 Å². The highest BCUT2D eigenvalue weighted by atomic mass is 35.5. The minimum atomic E-state index is 0.484. The summed E-state index contributed by atoms with van der Waals surface area (Å²) >= 11 is 19.5. The summed E-state index contributed by atoms with van der Waals surface area (Å²) in [5.41, 5.74) is 0.783. The van der Waals surface area contributed by atoms with E-state index >= 15 is 0 Å². The molecule has 0 saturated carbocycles. The molecule has 0 saturated heterocycles. The van der Waals surface area contributed by atoms with Gasteiger partial charge in [-0.25, -0.2) is 4.98 Å². The Morgan fingerprint density at radius 2 is 1.94 bits per heavy atom. The Labute approximate surface area is 112 Å². The first-order valence-electron chi connectivity index (χ1n) is 4.44. The van der Waals surface area contributed by atoms with Gasteiger partial charge in [0.15, 0.2) is 5.13 Å². The molecule has 0 aliphatic carbocycles. The SMILES string of the molecule is Clc1ccc(Cl)c(CNc2nccs2)c1Cl. The first-order valence-corrected chi connectivity index (χ1v) is 6.45. The standard InChI is InChI=1S/C10H7Cl3N2S/c11-7-1-2-8(12)9(13)6(7)5-15-10-14-3-4-16-10/h1-4H,5H2,(H,14,15). The maximum Gasteiger partial charge on any atom is 0.182 e. The second kappa shape index (κ2) is 5.23. The van der Waals surface area contributed by atoms with Crippen LogP contribution < -0.4 is 5.32 Å². The van der Waals surface area contributed by atoms with E-state index in [9.17, 15) is 0 Å². The van der Waals surface area contributed by atoms with Crippen LogP contribution in [0.4, 0.5) is 5.13 Å². The van der Waals surface area contributed by atoms with Gasteiger partial charge in [0, 0.05) is 28.7 Å². The van der Waals surface area contributed by atoms with E-state index in [1.54, 1.807) is 18.3 Å². The summed E-state index contributed by atoms with van der Waals surface area (Å²) in [6, 6.07) is 3.41. The monoisotopic (exact) mass is 292 g/mol. The highest BCUT2D eigenvalue weighted by Crippen LogP contribution is 2.31. The van der Waals surface area contributed by atoms with Crippen LogP contribution in [0.2, 0.25) is 15.1 Å². The highest BCUT2D eigenvalue weighted by molar-refractivity contribution is 7.13. The fourth-order valence-electron chi connectivity index (χ4n) is 1.21. The maximum atomic E-state index is 6.07. The minimum Gasteiger partial charge on any atom is -0.357 e. The molecule has 1 aromatic heterocycles. The molecule has 0 amide bonds. The van der Waals surface area contributed by atoms with Crippen molar-refractivity contribution in [3.63, 3.8) is 0 Å². The van der Waals surface area contributed by atoms with Crippen molar-refractivity contribution in [2.45, 2.75) is 6.54 Å². The van der Waals surface area contributed by atoms with Crippen LogP contribution >= 0.6 is 46.1 Å². The molecule has 0 spiro atoms. The van der Waals surface area contributed by atoms with Crippen LogP contribution in [0.3, 0.4) is 0 Å². The van der Waals surface area contributed by atoms with Crippen LogP contribution in [-0.2, 0) is 6.54 Å². The van der Waals surface area contributed by atoms with E-state index in [1.165, 1.54) is 11.3 Å². The van der Waals surface area contributed by atoms with Crippen LogP contribution in [-0.4, -0.2) is 4.98 Å². The van der Waals surface area contributed by atoms with Gasteiger partial charge in [-0.05, 0) is 12.1 Å². The molecule has 84 valence electrons. The number of nitrogens with one attached hydrogen (secondary N) is 1. The third kappa shape index (κ3) is 2.61. The van der Waals surface area contributed by atoms with Crippen molar-refractivity contribution in [3.8, 4) is 0 Å². The second-order valence-electron chi connectivity index (χ2n) is 3.01. The van der Waals surface area contributed by atoms with Gasteiger partial charge in [0.2, 0.25) is 0 Å². The van der Waals surface area contributed by atoms with Crippen molar-refractivity contribution < 1.29 is 0 Å². The zero-order valence-electron chi connectivity index (χ0n) is 8.01. The fourth-order valence-corrected chi connectivity index (χ4v) is 2.42. The predicted octanol–water partition coefficient (Wildman–Crippen LogP) is 4.72. The van der Waals surface area contributed by atoms with E-state index in [0.717, 1.165) is 10.7 Å². The number of anilines is 1. The summed E-state index contributed by atoms with van der Waals surface area (Å²) in [6.45, 7) is 0.506. The zero-order valence-corrected chi connectivity index (χ0v) is 11.1. The third-order valence-corrected chi connectivity index (χ3v) is 3.92. The number of halogens is 3. The van der Waals surface area contributed by atoms with Gasteiger partial charge in [0.05, 0.1) is 10.0 Å². The van der Waals surface area contributed by atoms with Crippen molar-refractivity contribution in [2.75, 3.05) is 5.32 Å². The number of rotatable bonds is 3. The Hall–Kier alpha value is -0.480. The van der Waals surface area contributed by atoms with Crippen molar-refractivity contribution in [1.29, 1.82) is 0 Å². The van der Waals surface area contributed by atoms with Crippen molar-refractivity contribution in [3.05, 3.63) is 44.3 Å². The van der Waals surface area contributed by atoms with Gasteiger partial charge in [-0.1, -0.05) is 34.8 Å². The number of hydrogen-bond donors (Lipinski definition) is 1. The molecule has 6 heteroatoms. The summed E-state index contributed by atoms with van der Waals surface area (Å²) < 4.78 is 0. The number of thiazole rings is 1. The molecule has 2 rings (SSSR count). The third-order valence-electron chi connectivity index (χ3n) is 1.99. The normalized spacial score (nSPS) is 10.4. The lowest BCUT2D eigenvalue weighted by atomic mass is 10.2. The number of aromatic nitrogens is 1. The molecule has 2 nitrogen and oxygen atoms in total. The summed E-state index contributed by atoms with van der Waals surface area (Å²) in [7, 11) is 0. The maximum absolute atomic E-state index is 6.07. The van der Waals surface area contributed by atoms with Crippen molar-refractivity contribution >= 4 is 51.3 Å². The lowest BCUT2D eigenvalue weighted by Crippen LogP contribution is -2.00. The number of hydrogen-bond acceptors (Lipinski definition) is 3. The van der Waals surface area contributed by atoms with E-state index < -0.39 is 0 Å². The van der Waals surface area contributed by atoms with Gasteiger partial charge >= 0.3 is 0 Å². The first kappa shape index (κ1) is 12.0. The summed E-state index contributed by atoms with van der Waals surface area (Å²) in [4.78, 5) is 4.10. The van der Waals surface area contributed by atoms with Gasteiger partial charge in [-0.3, -0.25) is 0 Å². The highest BCUT2D eigenvalue weighted by Gasteiger charge is 2.09. The molecule has 0 aliphatic heterocycles. The average molecular weight is 294 g/mol. The summed E-state index contributed by atoms with van der Waals surface area (Å²) in [5, 5.41) is 7.43. The predicted molar refractivity (Wildman–Crippen MR) is 70.9 cm³/mol. The molecule has 1 heterocycles. The fraction of sp³-hybridized carbons (Fsp3) is 0.100. The van der Waals surface area contributed by atoms with Crippen molar-refractivity contribution in [1.82, 2.24) is 4.98 Å². The summed E-state index contributed by atoms with van der Waals surface area (Å²) in [6.07, 6.45) is 1.73. The topological polar surface area (TPSA) is 24.9 Å². The molecule has 0 atom stereocenters. The Balaban J connectivity index is 2.18. The Bertz CT molecular complexity index is 485. The zero-order chi connectivity index (χ0) is 11.5. The molecular weight excluding hydrogens is 287 g/mol. The lowest BCUT2D eigenvalue weighted by molar-refractivity contribution is 1.13. The molecule has 1 N–H and O–H groups in total. The van der Waals surface area contributed by atoms with Gasteiger partial charge in [-0.15, -0.1) is 11.3 Å². The van der Waals surface area contributed by atoms with E-state index in [0.29, 0.717) is 21.6 Å². The molecule has 0 fully saturated rings. The summed E-state index contributed by atoms with van der Waals surface area (Å²) in [5.74, 6) is 0. The Morgan fingerprint density at radius 1 is 1.19 bits per heavy atom. The minimum absolute atomic E-state index is 0.484. The van der Waals surface area contributed by atoms with Crippen LogP contribution in [0.15, 0.2) is 23.7 Å². The first-order chi connectivity index (χ1) is 7.68. The Kier molecular flexibility index (Phi) is 3.92. The van der Waals surface area contributed by atoms with Crippen LogP contribution in [0, 0.1) is 0 Å². The molecule has 0 bridgehead atoms. The second-order valence-corrected chi connectivity index (χ2v) is 5.10. The van der Waals surface area contributed by atoms with Crippen LogP contribution in [0.1, 0.15) is 5.56 Å². The largest absolute Gasteiger partial charge is 0.357 e. The lowest BCUT2D eigenvalue weighted by Gasteiger charge is -2.08. The van der Waals surface area contributed by atoms with Crippen molar-refractivity contribution in [2.24, 2.45) is 0 Å². The molecule has 0 aliphatic rings. The van der Waals surface area contributed by atoms with E-state index in [4.69, 9.17) is 34.8 Å². The van der Waals surface area contributed by atoms with Crippen LogP contribution in [0.5, 0.6) is 0 Å². The van der Waals surface area contributed by atoms with E-state index in [-0.39, 0.29) is 0 Å². The average Bonchev–Trinajstić information content (AvgIpc) is 2.77. The van der Waals surface area contributed by atoms with E-state index in [1.807, 2.05) is 5.38 Å². The van der Waals surface area contributed by atoms with Gasteiger partial charge in [0.25, 0.3) is 0 Å². The van der Waals surface area contributed by atoms with Gasteiger partial charge in [-0.2, -0.15) is 0 Å². The molecule has 1 aromatic carbocycles. The quantitative estimate of drug-likeness (QED) is 0.829. The molecule has 2 aromatic rings. The molecular formula is C10H7Cl3N2S. The van der Waals surface area contributed by atoms with Gasteiger partial charge < -0.3 is 5.32 Å². The molecule has 0 unspecified atom stereocenters. The smallest absolute Gasteiger partial charge is 0.182 e. The van der Waals surface area contributed by atoms with Gasteiger partial charge in [0.1, 0.15) is 0 Å². The van der Waals surface area contributed by atoms with Crippen LogP contribution in [0.25, 0.3) is 0 Å². The molecule has 0 radical (unpaired) electrons.